The SMILES string of the molecule is CC.CCN(CCCS(=O)Cl)Cc1ccccc1. The van der Waals surface area contributed by atoms with Gasteiger partial charge in [-0.1, -0.05) is 51.1 Å². The molecule has 0 saturated heterocycles. The Morgan fingerprint density at radius 1 is 1.22 bits per heavy atom. The zero-order valence-electron chi connectivity index (χ0n) is 11.6. The van der Waals surface area contributed by atoms with E-state index in [1.54, 1.807) is 0 Å². The van der Waals surface area contributed by atoms with Crippen LogP contribution < -0.4 is 0 Å². The Hall–Kier alpha value is -0.380. The van der Waals surface area contributed by atoms with Crippen LogP contribution in [0.25, 0.3) is 0 Å². The number of hydrogen-bond donors (Lipinski definition) is 0. The normalized spacial score (nSPS) is 11.8. The smallest absolute Gasteiger partial charge is 0.114 e. The molecule has 0 N–H and O–H groups in total. The molecule has 4 heteroatoms. The Labute approximate surface area is 118 Å². The molecule has 0 bridgehead atoms. The molecule has 0 saturated carbocycles. The predicted octanol–water partition coefficient (Wildman–Crippen LogP) is 3.83. The van der Waals surface area contributed by atoms with Gasteiger partial charge in [-0.05, 0) is 35.8 Å². The lowest BCUT2D eigenvalue weighted by Gasteiger charge is -2.19. The van der Waals surface area contributed by atoms with Crippen LogP contribution in [0.2, 0.25) is 0 Å². The van der Waals surface area contributed by atoms with Crippen molar-refractivity contribution >= 4 is 20.7 Å². The molecular weight excluding hydrogens is 266 g/mol. The highest BCUT2D eigenvalue weighted by Crippen LogP contribution is 2.05. The van der Waals surface area contributed by atoms with Crippen LogP contribution in [-0.4, -0.2) is 28.0 Å². The van der Waals surface area contributed by atoms with E-state index in [2.05, 4.69) is 36.1 Å². The summed E-state index contributed by atoms with van der Waals surface area (Å²) in [6, 6.07) is 10.4. The summed E-state index contributed by atoms with van der Waals surface area (Å²) in [7, 11) is 4.23. The first kappa shape index (κ1) is 17.6. The van der Waals surface area contributed by atoms with Crippen LogP contribution in [-0.2, 0) is 16.6 Å². The minimum absolute atomic E-state index is 0.576. The van der Waals surface area contributed by atoms with Gasteiger partial charge in [-0.25, -0.2) is 4.21 Å². The second-order valence-corrected chi connectivity index (χ2v) is 5.72. The van der Waals surface area contributed by atoms with Gasteiger partial charge < -0.3 is 0 Å². The first-order valence-corrected chi connectivity index (χ1v) is 8.67. The summed E-state index contributed by atoms with van der Waals surface area (Å²) in [6.07, 6.45) is 0.886. The summed E-state index contributed by atoms with van der Waals surface area (Å²) in [5, 5.41) is 0. The minimum Gasteiger partial charge on any atom is -0.299 e. The third kappa shape index (κ3) is 8.67. The van der Waals surface area contributed by atoms with Crippen molar-refractivity contribution < 1.29 is 4.21 Å². The van der Waals surface area contributed by atoms with E-state index in [0.717, 1.165) is 26.1 Å². The summed E-state index contributed by atoms with van der Waals surface area (Å²) in [6.45, 7) is 9.04. The molecule has 104 valence electrons. The van der Waals surface area contributed by atoms with E-state index >= 15 is 0 Å². The highest BCUT2D eigenvalue weighted by molar-refractivity contribution is 8.08. The standard InChI is InChI=1S/C12H18ClNOS.C2H6/c1-2-14(9-6-10-16(13)15)11-12-7-4-3-5-8-12;1-2/h3-5,7-8H,2,6,9-11H2,1H3;1-2H3. The largest absolute Gasteiger partial charge is 0.299 e. The summed E-state index contributed by atoms with van der Waals surface area (Å²) in [5.41, 5.74) is 1.32. The van der Waals surface area contributed by atoms with Crippen LogP contribution in [0.15, 0.2) is 30.3 Å². The lowest BCUT2D eigenvalue weighted by molar-refractivity contribution is 0.281. The summed E-state index contributed by atoms with van der Waals surface area (Å²) in [4.78, 5) is 2.33. The van der Waals surface area contributed by atoms with E-state index in [1.807, 2.05) is 19.9 Å². The van der Waals surface area contributed by atoms with Crippen LogP contribution in [0, 0.1) is 0 Å². The van der Waals surface area contributed by atoms with E-state index in [9.17, 15) is 4.21 Å². The number of rotatable bonds is 7. The molecule has 1 unspecified atom stereocenters. The third-order valence-electron chi connectivity index (χ3n) is 2.48. The molecule has 2 nitrogen and oxygen atoms in total. The van der Waals surface area contributed by atoms with E-state index in [1.165, 1.54) is 5.56 Å². The van der Waals surface area contributed by atoms with Crippen molar-refractivity contribution in [2.45, 2.75) is 33.7 Å². The number of benzene rings is 1. The lowest BCUT2D eigenvalue weighted by Crippen LogP contribution is -2.24. The molecule has 0 aromatic heterocycles. The molecule has 1 rings (SSSR count). The molecule has 0 fully saturated rings. The average molecular weight is 290 g/mol. The van der Waals surface area contributed by atoms with Crippen LogP contribution in [0.4, 0.5) is 0 Å². The van der Waals surface area contributed by atoms with Gasteiger partial charge in [0.15, 0.2) is 0 Å². The molecule has 0 radical (unpaired) electrons. The van der Waals surface area contributed by atoms with Crippen molar-refractivity contribution in [1.82, 2.24) is 4.90 Å². The molecule has 0 aliphatic heterocycles. The highest BCUT2D eigenvalue weighted by Gasteiger charge is 2.04. The van der Waals surface area contributed by atoms with Crippen LogP contribution in [0.5, 0.6) is 0 Å². The van der Waals surface area contributed by atoms with Crippen molar-refractivity contribution in [2.24, 2.45) is 0 Å². The molecule has 18 heavy (non-hydrogen) atoms. The van der Waals surface area contributed by atoms with Gasteiger partial charge in [0.05, 0.1) is 0 Å². The Kier molecular flexibility index (Phi) is 11.4. The van der Waals surface area contributed by atoms with Gasteiger partial charge in [0.25, 0.3) is 0 Å². The topological polar surface area (TPSA) is 20.3 Å². The monoisotopic (exact) mass is 289 g/mol. The molecule has 0 amide bonds. The fraction of sp³-hybridized carbons (Fsp3) is 0.571. The Morgan fingerprint density at radius 3 is 2.33 bits per heavy atom. The molecule has 0 heterocycles. The highest BCUT2D eigenvalue weighted by atomic mass is 35.7. The molecule has 1 aromatic carbocycles. The van der Waals surface area contributed by atoms with Crippen molar-refractivity contribution in [1.29, 1.82) is 0 Å². The summed E-state index contributed by atoms with van der Waals surface area (Å²) < 4.78 is 10.7. The maximum atomic E-state index is 10.7. The zero-order valence-corrected chi connectivity index (χ0v) is 13.1. The summed E-state index contributed by atoms with van der Waals surface area (Å²) >= 11 is 0. The van der Waals surface area contributed by atoms with E-state index in [0.29, 0.717) is 5.75 Å². The first-order chi connectivity index (χ1) is 8.72. The predicted molar refractivity (Wildman–Crippen MR) is 82.2 cm³/mol. The number of halogens is 1. The minimum atomic E-state index is -1.18. The molecule has 0 spiro atoms. The van der Waals surface area contributed by atoms with Crippen LogP contribution in [0.1, 0.15) is 32.8 Å². The molecule has 0 aliphatic carbocycles. The molecule has 0 aliphatic rings. The Bertz CT molecular complexity index is 319. The molecule has 1 atom stereocenters. The van der Waals surface area contributed by atoms with Gasteiger partial charge in [0.1, 0.15) is 10.0 Å². The van der Waals surface area contributed by atoms with Crippen LogP contribution >= 0.6 is 10.7 Å². The first-order valence-electron chi connectivity index (χ1n) is 6.53. The van der Waals surface area contributed by atoms with Crippen molar-refractivity contribution in [3.63, 3.8) is 0 Å². The van der Waals surface area contributed by atoms with Crippen molar-refractivity contribution in [2.75, 3.05) is 18.8 Å². The van der Waals surface area contributed by atoms with Gasteiger partial charge >= 0.3 is 0 Å². The van der Waals surface area contributed by atoms with E-state index in [-0.39, 0.29) is 0 Å². The van der Waals surface area contributed by atoms with Gasteiger partial charge in [-0.2, -0.15) is 0 Å². The number of nitrogens with zero attached hydrogens (tertiary/aromatic N) is 1. The third-order valence-corrected chi connectivity index (χ3v) is 3.55. The van der Waals surface area contributed by atoms with Gasteiger partial charge in [0, 0.05) is 12.3 Å². The maximum Gasteiger partial charge on any atom is 0.114 e. The molecule has 1 aromatic rings. The second kappa shape index (κ2) is 11.7. The summed E-state index contributed by atoms with van der Waals surface area (Å²) in [5.74, 6) is 0.576. The van der Waals surface area contributed by atoms with Gasteiger partial charge in [-0.3, -0.25) is 4.90 Å². The lowest BCUT2D eigenvalue weighted by atomic mass is 10.2. The number of hydrogen-bond acceptors (Lipinski definition) is 2. The Balaban J connectivity index is 0.00000137. The van der Waals surface area contributed by atoms with Crippen LogP contribution in [0.3, 0.4) is 0 Å². The van der Waals surface area contributed by atoms with Crippen molar-refractivity contribution in [3.8, 4) is 0 Å². The van der Waals surface area contributed by atoms with E-state index in [4.69, 9.17) is 10.7 Å². The van der Waals surface area contributed by atoms with Crippen molar-refractivity contribution in [3.05, 3.63) is 35.9 Å². The average Bonchev–Trinajstić information content (AvgIpc) is 2.40. The van der Waals surface area contributed by atoms with E-state index < -0.39 is 10.0 Å². The zero-order chi connectivity index (χ0) is 13.8. The Morgan fingerprint density at radius 2 is 1.83 bits per heavy atom. The fourth-order valence-corrected chi connectivity index (χ4v) is 2.28. The second-order valence-electron chi connectivity index (χ2n) is 3.70. The molecular formula is C14H24ClNOS. The van der Waals surface area contributed by atoms with Gasteiger partial charge in [-0.15, -0.1) is 0 Å². The fourth-order valence-electron chi connectivity index (χ4n) is 1.59. The quantitative estimate of drug-likeness (QED) is 0.711. The van der Waals surface area contributed by atoms with Gasteiger partial charge in [0.2, 0.25) is 0 Å². The maximum absolute atomic E-state index is 10.7.